The quantitative estimate of drug-likeness (QED) is 0.548. The summed E-state index contributed by atoms with van der Waals surface area (Å²) in [5.41, 5.74) is 0. The topological polar surface area (TPSA) is 26.3 Å². The van der Waals surface area contributed by atoms with Gasteiger partial charge in [0.2, 0.25) is 0 Å². The molecule has 0 unspecified atom stereocenters. The first-order chi connectivity index (χ1) is 5.70. The highest BCUT2D eigenvalue weighted by molar-refractivity contribution is 5.95. The molecule has 0 bridgehead atoms. The summed E-state index contributed by atoms with van der Waals surface area (Å²) < 4.78 is 5.45. The zero-order chi connectivity index (χ0) is 8.72. The van der Waals surface area contributed by atoms with Crippen molar-refractivity contribution in [2.45, 2.75) is 20.3 Å². The molecule has 12 heavy (non-hydrogen) atoms. The predicted molar refractivity (Wildman–Crippen MR) is 45.5 cm³/mol. The van der Waals surface area contributed by atoms with Gasteiger partial charge in [0.25, 0.3) is 0 Å². The average Bonchev–Trinajstić information content (AvgIpc) is 2.29. The fourth-order valence-corrected chi connectivity index (χ4v) is 2.24. The molecule has 0 spiro atoms. The van der Waals surface area contributed by atoms with Crippen LogP contribution in [0.4, 0.5) is 0 Å². The van der Waals surface area contributed by atoms with Crippen molar-refractivity contribution in [3.8, 4) is 0 Å². The van der Waals surface area contributed by atoms with Crippen molar-refractivity contribution in [3.63, 3.8) is 0 Å². The molecule has 3 atom stereocenters. The lowest BCUT2D eigenvalue weighted by Crippen LogP contribution is -2.26. The second-order valence-electron chi connectivity index (χ2n) is 3.88. The van der Waals surface area contributed by atoms with Crippen molar-refractivity contribution < 1.29 is 9.53 Å². The van der Waals surface area contributed by atoms with E-state index in [9.17, 15) is 4.79 Å². The summed E-state index contributed by atoms with van der Waals surface area (Å²) in [6.45, 7) is 4.99. The van der Waals surface area contributed by atoms with E-state index in [1.807, 2.05) is 6.92 Å². The molecule has 0 N–H and O–H groups in total. The Hall–Kier alpha value is -0.790. The first kappa shape index (κ1) is 7.84. The van der Waals surface area contributed by atoms with E-state index in [1.165, 1.54) is 0 Å². The maximum Gasteiger partial charge on any atom is 0.162 e. The molecular weight excluding hydrogens is 152 g/mol. The largest absolute Gasteiger partial charge is 0.497 e. The van der Waals surface area contributed by atoms with Crippen LogP contribution in [0, 0.1) is 17.8 Å². The molecule has 2 heteroatoms. The Morgan fingerprint density at radius 2 is 2.25 bits per heavy atom. The van der Waals surface area contributed by atoms with Crippen molar-refractivity contribution >= 4 is 5.78 Å². The zero-order valence-corrected chi connectivity index (χ0v) is 7.54. The van der Waals surface area contributed by atoms with Gasteiger partial charge in [0.05, 0.1) is 6.61 Å². The summed E-state index contributed by atoms with van der Waals surface area (Å²) in [6, 6.07) is 0. The number of ether oxygens (including phenoxy) is 1. The van der Waals surface area contributed by atoms with Gasteiger partial charge in [0.15, 0.2) is 5.78 Å². The summed E-state index contributed by atoms with van der Waals surface area (Å²) in [4.78, 5) is 11.3. The number of hydrogen-bond acceptors (Lipinski definition) is 2. The minimum Gasteiger partial charge on any atom is -0.497 e. The number of carbonyl (C=O) groups is 1. The van der Waals surface area contributed by atoms with E-state index >= 15 is 0 Å². The van der Waals surface area contributed by atoms with Crippen LogP contribution in [-0.4, -0.2) is 12.4 Å². The standard InChI is InChI=1S/C10H14O2/c1-6-3-4-12-9-5-8(11)7(2)10(6)9/h5-7,10H,3-4H2,1-2H3/t6-,7-,10-/m1/s1. The van der Waals surface area contributed by atoms with E-state index in [4.69, 9.17) is 4.74 Å². The molecule has 0 saturated carbocycles. The third-order valence-corrected chi connectivity index (χ3v) is 3.06. The molecule has 2 rings (SSSR count). The number of ketones is 1. The molecule has 1 aliphatic carbocycles. The molecule has 0 aromatic heterocycles. The Morgan fingerprint density at radius 1 is 1.50 bits per heavy atom. The third kappa shape index (κ3) is 0.977. The van der Waals surface area contributed by atoms with Crippen molar-refractivity contribution in [2.75, 3.05) is 6.61 Å². The SMILES string of the molecule is C[C@@H]1CCOC2=CC(=O)[C@@H](C)[C@H]21. The van der Waals surface area contributed by atoms with Gasteiger partial charge in [-0.1, -0.05) is 13.8 Å². The smallest absolute Gasteiger partial charge is 0.162 e. The van der Waals surface area contributed by atoms with Gasteiger partial charge in [-0.05, 0) is 12.3 Å². The van der Waals surface area contributed by atoms with Gasteiger partial charge in [-0.15, -0.1) is 0 Å². The van der Waals surface area contributed by atoms with Crippen LogP contribution in [0.5, 0.6) is 0 Å². The number of allylic oxidation sites excluding steroid dienone is 2. The second kappa shape index (κ2) is 2.61. The van der Waals surface area contributed by atoms with Gasteiger partial charge < -0.3 is 4.74 Å². The summed E-state index contributed by atoms with van der Waals surface area (Å²) in [5.74, 6) is 2.29. The van der Waals surface area contributed by atoms with Crippen LogP contribution >= 0.6 is 0 Å². The van der Waals surface area contributed by atoms with Crippen molar-refractivity contribution in [3.05, 3.63) is 11.8 Å². The van der Waals surface area contributed by atoms with E-state index in [0.29, 0.717) is 11.8 Å². The lowest BCUT2D eigenvalue weighted by molar-refractivity contribution is -0.118. The van der Waals surface area contributed by atoms with E-state index in [1.54, 1.807) is 6.08 Å². The first-order valence-corrected chi connectivity index (χ1v) is 4.58. The van der Waals surface area contributed by atoms with E-state index in [2.05, 4.69) is 6.92 Å². The van der Waals surface area contributed by atoms with Gasteiger partial charge in [-0.2, -0.15) is 0 Å². The molecular formula is C10H14O2. The summed E-state index contributed by atoms with van der Waals surface area (Å²) in [6.07, 6.45) is 2.77. The van der Waals surface area contributed by atoms with Crippen LogP contribution in [0.1, 0.15) is 20.3 Å². The molecule has 0 aromatic rings. The minimum atomic E-state index is 0.148. The molecule has 2 nitrogen and oxygen atoms in total. The van der Waals surface area contributed by atoms with E-state index in [-0.39, 0.29) is 11.7 Å². The molecule has 0 radical (unpaired) electrons. The Labute approximate surface area is 72.6 Å². The number of rotatable bonds is 0. The highest BCUT2D eigenvalue weighted by atomic mass is 16.5. The maximum atomic E-state index is 11.3. The zero-order valence-electron chi connectivity index (χ0n) is 7.54. The fourth-order valence-electron chi connectivity index (χ4n) is 2.24. The van der Waals surface area contributed by atoms with Crippen LogP contribution in [-0.2, 0) is 9.53 Å². The van der Waals surface area contributed by atoms with Crippen molar-refractivity contribution in [1.29, 1.82) is 0 Å². The summed E-state index contributed by atoms with van der Waals surface area (Å²) in [7, 11) is 0. The lowest BCUT2D eigenvalue weighted by Gasteiger charge is -2.30. The maximum absolute atomic E-state index is 11.3. The number of hydrogen-bond donors (Lipinski definition) is 0. The van der Waals surface area contributed by atoms with Crippen molar-refractivity contribution in [2.24, 2.45) is 17.8 Å². The second-order valence-corrected chi connectivity index (χ2v) is 3.88. The first-order valence-electron chi connectivity index (χ1n) is 4.58. The van der Waals surface area contributed by atoms with Crippen LogP contribution in [0.25, 0.3) is 0 Å². The van der Waals surface area contributed by atoms with Crippen LogP contribution in [0.3, 0.4) is 0 Å². The average molecular weight is 166 g/mol. The molecule has 0 aromatic carbocycles. The molecule has 1 saturated heterocycles. The highest BCUT2D eigenvalue weighted by Gasteiger charge is 2.39. The van der Waals surface area contributed by atoms with Crippen molar-refractivity contribution in [1.82, 2.24) is 0 Å². The van der Waals surface area contributed by atoms with Crippen LogP contribution < -0.4 is 0 Å². The number of carbonyl (C=O) groups excluding carboxylic acids is 1. The van der Waals surface area contributed by atoms with E-state index in [0.717, 1.165) is 18.8 Å². The van der Waals surface area contributed by atoms with E-state index < -0.39 is 0 Å². The molecule has 66 valence electrons. The molecule has 0 amide bonds. The van der Waals surface area contributed by atoms with Gasteiger partial charge in [-0.25, -0.2) is 0 Å². The van der Waals surface area contributed by atoms with Gasteiger partial charge in [0.1, 0.15) is 5.76 Å². The van der Waals surface area contributed by atoms with Crippen LogP contribution in [0.2, 0.25) is 0 Å². The Bertz CT molecular complexity index is 242. The van der Waals surface area contributed by atoms with Gasteiger partial charge in [0, 0.05) is 17.9 Å². The lowest BCUT2D eigenvalue weighted by atomic mass is 9.82. The normalized spacial score (nSPS) is 40.3. The molecule has 1 heterocycles. The predicted octanol–water partition coefficient (Wildman–Crippen LogP) is 1.76. The minimum absolute atomic E-state index is 0.148. The fraction of sp³-hybridized carbons (Fsp3) is 0.700. The third-order valence-electron chi connectivity index (χ3n) is 3.06. The Balaban J connectivity index is 2.27. The summed E-state index contributed by atoms with van der Waals surface area (Å²) in [5, 5.41) is 0. The number of fused-ring (bicyclic) bond motifs is 1. The molecule has 2 aliphatic rings. The highest BCUT2D eigenvalue weighted by Crippen LogP contribution is 2.40. The molecule has 1 aliphatic heterocycles. The Kier molecular flexibility index (Phi) is 1.71. The van der Waals surface area contributed by atoms with Gasteiger partial charge >= 0.3 is 0 Å². The van der Waals surface area contributed by atoms with Gasteiger partial charge in [-0.3, -0.25) is 4.79 Å². The molecule has 1 fully saturated rings. The van der Waals surface area contributed by atoms with Crippen LogP contribution in [0.15, 0.2) is 11.8 Å². The summed E-state index contributed by atoms with van der Waals surface area (Å²) >= 11 is 0. The Morgan fingerprint density at radius 3 is 2.92 bits per heavy atom. The monoisotopic (exact) mass is 166 g/mol.